The van der Waals surface area contributed by atoms with Crippen LogP contribution in [0, 0.1) is 0 Å². The van der Waals surface area contributed by atoms with Crippen molar-refractivity contribution in [2.75, 3.05) is 12.9 Å². The molecule has 2 heterocycles. The number of nitrogens with zero attached hydrogens (tertiary/aromatic N) is 5. The summed E-state index contributed by atoms with van der Waals surface area (Å²) in [6, 6.07) is 17.6. The number of sulfone groups is 1. The minimum Gasteiger partial charge on any atom is -0.406 e. The summed E-state index contributed by atoms with van der Waals surface area (Å²) in [7, 11) is -2.02. The number of hydrogen-bond acceptors (Lipinski definition) is 7. The Morgan fingerprint density at radius 1 is 0.955 bits per heavy atom. The summed E-state index contributed by atoms with van der Waals surface area (Å²) in [6.45, 7) is -1.51. The Bertz CT molecular complexity index is 1950. The van der Waals surface area contributed by atoms with Gasteiger partial charge in [-0.15, -0.1) is 18.3 Å². The van der Waals surface area contributed by atoms with E-state index in [4.69, 9.17) is 0 Å². The predicted molar refractivity (Wildman–Crippen MR) is 149 cm³/mol. The minimum absolute atomic E-state index is 0.0895. The maximum atomic E-state index is 13.9. The van der Waals surface area contributed by atoms with Crippen LogP contribution in [0.15, 0.2) is 83.9 Å². The average molecular weight is 632 g/mol. The number of ketones is 1. The number of ether oxygens (including phenoxy) is 1. The lowest BCUT2D eigenvalue weighted by molar-refractivity contribution is -0.274. The Morgan fingerprint density at radius 2 is 1.64 bits per heavy atom. The molecule has 15 heteroatoms. The molecule has 228 valence electrons. The smallest absolute Gasteiger partial charge is 0.406 e. The zero-order chi connectivity index (χ0) is 31.8. The van der Waals surface area contributed by atoms with Gasteiger partial charge in [-0.05, 0) is 59.7 Å². The number of aromatic nitrogens is 5. The van der Waals surface area contributed by atoms with Crippen LogP contribution in [0.25, 0.3) is 39.3 Å². The number of carbonyl (C=O) groups is 1. The molecule has 5 rings (SSSR count). The third kappa shape index (κ3) is 6.37. The van der Waals surface area contributed by atoms with Crippen LogP contribution in [0.3, 0.4) is 0 Å². The summed E-state index contributed by atoms with van der Waals surface area (Å²) in [5.41, 5.74) is 2.66. The molecule has 1 unspecified atom stereocenters. The minimum atomic E-state index is -4.87. The van der Waals surface area contributed by atoms with E-state index in [2.05, 4.69) is 20.1 Å². The summed E-state index contributed by atoms with van der Waals surface area (Å²) in [6.07, 6.45) is -4.79. The molecule has 44 heavy (non-hydrogen) atoms. The molecule has 9 nitrogen and oxygen atoms in total. The summed E-state index contributed by atoms with van der Waals surface area (Å²) >= 11 is 0. The Balaban J connectivity index is 1.68. The summed E-state index contributed by atoms with van der Waals surface area (Å²) < 4.78 is 95.8. The van der Waals surface area contributed by atoms with E-state index in [-0.39, 0.29) is 10.6 Å². The summed E-state index contributed by atoms with van der Waals surface area (Å²) in [5, 5.41) is 12.2. The quantitative estimate of drug-likeness (QED) is 0.150. The monoisotopic (exact) mass is 631 g/mol. The fourth-order valence-electron chi connectivity index (χ4n) is 4.52. The normalized spacial score (nSPS) is 12.7. The lowest BCUT2D eigenvalue weighted by Gasteiger charge is -2.15. The van der Waals surface area contributed by atoms with Crippen molar-refractivity contribution in [3.63, 3.8) is 0 Å². The van der Waals surface area contributed by atoms with Crippen molar-refractivity contribution in [2.45, 2.75) is 17.4 Å². The number of carbonyl (C=O) groups excluding carboxylic acids is 1. The van der Waals surface area contributed by atoms with Crippen molar-refractivity contribution in [2.24, 2.45) is 7.05 Å². The molecule has 0 radical (unpaired) electrons. The molecule has 0 spiro atoms. The largest absolute Gasteiger partial charge is 0.573 e. The van der Waals surface area contributed by atoms with Crippen molar-refractivity contribution < 1.29 is 39.9 Å². The number of benzene rings is 3. The first kappa shape index (κ1) is 30.5. The first-order valence-electron chi connectivity index (χ1n) is 12.8. The van der Waals surface area contributed by atoms with Crippen LogP contribution in [0.2, 0.25) is 0 Å². The van der Waals surface area contributed by atoms with Gasteiger partial charge in [0.15, 0.2) is 16.0 Å². The maximum absolute atomic E-state index is 13.9. The number of Topliss-reactive ketones (excluding diaryl/α,β-unsaturated/α-hetero) is 1. The highest BCUT2D eigenvalue weighted by Gasteiger charge is 2.31. The Hall–Kier alpha value is -4.92. The molecule has 0 aliphatic rings. The second-order valence-electron chi connectivity index (χ2n) is 9.66. The zero-order valence-electron chi connectivity index (χ0n) is 23.0. The van der Waals surface area contributed by atoms with Crippen LogP contribution in [0.4, 0.5) is 22.0 Å². The molecule has 0 aliphatic carbocycles. The predicted octanol–water partition coefficient (Wildman–Crippen LogP) is 5.79. The lowest BCUT2D eigenvalue weighted by atomic mass is 10.00. The van der Waals surface area contributed by atoms with Gasteiger partial charge in [-0.1, -0.05) is 29.5 Å². The Morgan fingerprint density at radius 3 is 2.30 bits per heavy atom. The van der Waals surface area contributed by atoms with Crippen molar-refractivity contribution in [1.29, 1.82) is 0 Å². The first-order valence-corrected chi connectivity index (χ1v) is 14.6. The fourth-order valence-corrected chi connectivity index (χ4v) is 5.18. The number of alkyl halides is 5. The van der Waals surface area contributed by atoms with E-state index >= 15 is 0 Å². The maximum Gasteiger partial charge on any atom is 0.573 e. The summed E-state index contributed by atoms with van der Waals surface area (Å²) in [5.74, 6) is -1.56. The molecule has 0 bridgehead atoms. The molecular formula is C29H22F5N5O4S. The molecule has 1 atom stereocenters. The van der Waals surface area contributed by atoms with Crippen LogP contribution < -0.4 is 4.74 Å². The van der Waals surface area contributed by atoms with E-state index in [0.717, 1.165) is 18.4 Å². The molecule has 2 aromatic heterocycles. The van der Waals surface area contributed by atoms with Gasteiger partial charge in [-0.2, -0.15) is 5.10 Å². The standard InChI is InChI=1S/C29H22F5N5O4S/c1-38-25(14-24(36-38)28(40)23(31)15-30)22-11-8-19(18-4-3-5-21(12-18)44(2,41)42)13-26(22)39-27(16-35-37-39)17-6-9-20(10-7-17)43-29(32,33)34/h3-14,16,23H,15H2,1-2H3. The van der Waals surface area contributed by atoms with Gasteiger partial charge in [-0.3, -0.25) is 9.48 Å². The zero-order valence-corrected chi connectivity index (χ0v) is 23.8. The molecule has 3 aromatic carbocycles. The van der Waals surface area contributed by atoms with Gasteiger partial charge in [0.05, 0.1) is 28.2 Å². The number of rotatable bonds is 9. The molecule has 0 aliphatic heterocycles. The molecule has 0 amide bonds. The highest BCUT2D eigenvalue weighted by atomic mass is 32.2. The Labute approximate surface area is 247 Å². The number of hydrogen-bond donors (Lipinski definition) is 0. The van der Waals surface area contributed by atoms with Crippen LogP contribution >= 0.6 is 0 Å². The first-order chi connectivity index (χ1) is 20.7. The van der Waals surface area contributed by atoms with E-state index in [1.54, 1.807) is 30.3 Å². The second-order valence-corrected chi connectivity index (χ2v) is 11.7. The van der Waals surface area contributed by atoms with E-state index in [9.17, 15) is 35.2 Å². The van der Waals surface area contributed by atoms with Gasteiger partial charge >= 0.3 is 6.36 Å². The van der Waals surface area contributed by atoms with Gasteiger partial charge in [-0.25, -0.2) is 21.9 Å². The van der Waals surface area contributed by atoms with Crippen LogP contribution in [-0.4, -0.2) is 64.4 Å². The summed E-state index contributed by atoms with van der Waals surface area (Å²) in [4.78, 5) is 12.4. The average Bonchev–Trinajstić information content (AvgIpc) is 3.62. The van der Waals surface area contributed by atoms with Crippen molar-refractivity contribution in [1.82, 2.24) is 24.8 Å². The highest BCUT2D eigenvalue weighted by Crippen LogP contribution is 2.35. The Kier molecular flexibility index (Phi) is 8.07. The van der Waals surface area contributed by atoms with Gasteiger partial charge in [0.1, 0.15) is 18.1 Å². The molecule has 0 fully saturated rings. The van der Waals surface area contributed by atoms with Gasteiger partial charge in [0, 0.05) is 24.4 Å². The molecule has 0 N–H and O–H groups in total. The third-order valence-corrected chi connectivity index (χ3v) is 7.69. The van der Waals surface area contributed by atoms with E-state index < -0.39 is 40.6 Å². The van der Waals surface area contributed by atoms with Crippen molar-refractivity contribution in [3.05, 3.63) is 84.7 Å². The number of aryl methyl sites for hydroxylation is 1. The van der Waals surface area contributed by atoms with E-state index in [1.807, 2.05) is 0 Å². The molecular weight excluding hydrogens is 609 g/mol. The SMILES string of the molecule is Cn1nc(C(=O)C(F)CF)cc1-c1ccc(-c2cccc(S(C)(=O)=O)c2)cc1-n1nncc1-c1ccc(OC(F)(F)F)cc1. The molecule has 0 saturated carbocycles. The topological polar surface area (TPSA) is 109 Å². The van der Waals surface area contributed by atoms with Crippen LogP contribution in [0.5, 0.6) is 5.75 Å². The lowest BCUT2D eigenvalue weighted by Crippen LogP contribution is -2.18. The number of halogens is 5. The van der Waals surface area contributed by atoms with Crippen LogP contribution in [0.1, 0.15) is 10.5 Å². The highest BCUT2D eigenvalue weighted by molar-refractivity contribution is 7.90. The molecule has 0 saturated heterocycles. The van der Waals surface area contributed by atoms with E-state index in [1.165, 1.54) is 52.9 Å². The van der Waals surface area contributed by atoms with Gasteiger partial charge in [0.2, 0.25) is 5.78 Å². The fraction of sp³-hybridized carbons (Fsp3) is 0.172. The van der Waals surface area contributed by atoms with E-state index in [0.29, 0.717) is 39.3 Å². The van der Waals surface area contributed by atoms with Gasteiger partial charge in [0.25, 0.3) is 0 Å². The van der Waals surface area contributed by atoms with Gasteiger partial charge < -0.3 is 4.74 Å². The second kappa shape index (κ2) is 11.6. The van der Waals surface area contributed by atoms with Crippen LogP contribution in [-0.2, 0) is 16.9 Å². The van der Waals surface area contributed by atoms with Crippen molar-refractivity contribution >= 4 is 15.6 Å². The third-order valence-electron chi connectivity index (χ3n) is 6.58. The molecule has 5 aromatic rings. The van der Waals surface area contributed by atoms with Crippen molar-refractivity contribution in [3.8, 4) is 45.1 Å².